The number of furan rings is 1. The van der Waals surface area contributed by atoms with Crippen LogP contribution in [0.1, 0.15) is 24.0 Å². The number of fused-ring (bicyclic) bond motifs is 4. The van der Waals surface area contributed by atoms with Crippen molar-refractivity contribution in [2.45, 2.75) is 12.8 Å². The van der Waals surface area contributed by atoms with Gasteiger partial charge in [0.1, 0.15) is 16.8 Å². The normalized spacial score (nSPS) is 13.8. The molecule has 0 bridgehead atoms. The van der Waals surface area contributed by atoms with E-state index in [0.717, 1.165) is 67.5 Å². The summed E-state index contributed by atoms with van der Waals surface area (Å²) in [6.45, 7) is 0.505. The van der Waals surface area contributed by atoms with Crippen LogP contribution in [0.4, 0.5) is 0 Å². The van der Waals surface area contributed by atoms with Gasteiger partial charge < -0.3 is 10.2 Å². The van der Waals surface area contributed by atoms with Crippen molar-refractivity contribution in [3.63, 3.8) is 0 Å². The first-order chi connectivity index (χ1) is 20.3. The van der Waals surface area contributed by atoms with E-state index in [1.165, 1.54) is 5.57 Å². The van der Waals surface area contributed by atoms with E-state index < -0.39 is 0 Å². The van der Waals surface area contributed by atoms with Crippen LogP contribution in [0.2, 0.25) is 0 Å². The minimum absolute atomic E-state index is 0.443. The molecule has 0 unspecified atom stereocenters. The maximum absolute atomic E-state index is 6.57. The number of nitrogens with zero attached hydrogens (tertiary/aromatic N) is 3. The summed E-state index contributed by atoms with van der Waals surface area (Å²) >= 11 is 0. The van der Waals surface area contributed by atoms with Crippen molar-refractivity contribution in [1.29, 1.82) is 0 Å². The number of aliphatic imine (C=N–C) groups is 2. The molecule has 1 aliphatic carbocycles. The number of hydrogen-bond acceptors (Lipinski definition) is 3. The van der Waals surface area contributed by atoms with Crippen LogP contribution in [0.3, 0.4) is 0 Å². The summed E-state index contributed by atoms with van der Waals surface area (Å²) in [5, 5.41) is 4.50. The third-order valence-corrected chi connectivity index (χ3v) is 7.58. The van der Waals surface area contributed by atoms with E-state index in [-0.39, 0.29) is 0 Å². The van der Waals surface area contributed by atoms with Gasteiger partial charge in [-0.05, 0) is 29.9 Å². The predicted molar refractivity (Wildman–Crippen MR) is 168 cm³/mol. The molecule has 0 atom stereocenters. The second-order valence-electron chi connectivity index (χ2n) is 10.1. The Kier molecular flexibility index (Phi) is 6.45. The molecule has 0 aliphatic heterocycles. The highest BCUT2D eigenvalue weighted by Crippen LogP contribution is 2.32. The van der Waals surface area contributed by atoms with Gasteiger partial charge in [-0.25, -0.2) is 4.99 Å². The van der Waals surface area contributed by atoms with Crippen molar-refractivity contribution in [3.05, 3.63) is 137 Å². The van der Waals surface area contributed by atoms with E-state index in [1.807, 2.05) is 79.1 Å². The topological polar surface area (TPSA) is 76.8 Å². The van der Waals surface area contributed by atoms with Gasteiger partial charge in [0.15, 0.2) is 5.84 Å². The summed E-state index contributed by atoms with van der Waals surface area (Å²) < 4.78 is 6.57. The maximum atomic E-state index is 6.57. The zero-order chi connectivity index (χ0) is 27.6. The molecule has 0 radical (unpaired) electrons. The summed E-state index contributed by atoms with van der Waals surface area (Å²) in [7, 11) is 0. The Morgan fingerprint density at radius 2 is 1.49 bits per heavy atom. The van der Waals surface area contributed by atoms with Gasteiger partial charge in [-0.2, -0.15) is 0 Å². The zero-order valence-corrected chi connectivity index (χ0v) is 22.5. The quantitative estimate of drug-likeness (QED) is 0.211. The molecular formula is C36H28N4O. The fraction of sp³-hybridized carbons (Fsp3) is 0.0833. The molecule has 4 aromatic carbocycles. The Hall–Kier alpha value is -5.29. The number of nitrogens with two attached hydrogens (primary N) is 1. The lowest BCUT2D eigenvalue weighted by Crippen LogP contribution is -2.27. The lowest BCUT2D eigenvalue weighted by atomic mass is 9.97. The highest BCUT2D eigenvalue weighted by atomic mass is 16.3. The van der Waals surface area contributed by atoms with Gasteiger partial charge in [-0.3, -0.25) is 9.98 Å². The van der Waals surface area contributed by atoms with E-state index in [1.54, 1.807) is 0 Å². The van der Waals surface area contributed by atoms with Crippen LogP contribution in [0.5, 0.6) is 0 Å². The molecular weight excluding hydrogens is 504 g/mol. The monoisotopic (exact) mass is 532 g/mol. The first-order valence-corrected chi connectivity index (χ1v) is 13.8. The van der Waals surface area contributed by atoms with Gasteiger partial charge in [-0.15, -0.1) is 0 Å². The molecule has 0 saturated heterocycles. The molecule has 1 aliphatic rings. The molecule has 0 amide bonds. The van der Waals surface area contributed by atoms with E-state index in [9.17, 15) is 0 Å². The first kappa shape index (κ1) is 24.7. The van der Waals surface area contributed by atoms with E-state index in [4.69, 9.17) is 20.1 Å². The first-order valence-electron chi connectivity index (χ1n) is 13.8. The van der Waals surface area contributed by atoms with Crippen LogP contribution in [0, 0.1) is 0 Å². The summed E-state index contributed by atoms with van der Waals surface area (Å²) in [5.41, 5.74) is 13.4. The molecule has 5 heteroatoms. The standard InChI is InChI=1S/C36H28N4O/c37-35(24-11-3-1-4-12-24)40-36(25-13-5-2-6-14-25)39-22-27-16-9-20-32-33(27)30-19-10-18-29(34(30)41-32)31-23-38-21-26-15-7-8-17-28(26)31/h1-8,10-15,17-21,23H,9,16,22H2,(H2,37,39,40). The van der Waals surface area contributed by atoms with Gasteiger partial charge in [0.05, 0.1) is 6.54 Å². The third kappa shape index (κ3) is 4.72. The largest absolute Gasteiger partial charge is 0.456 e. The van der Waals surface area contributed by atoms with Crippen molar-refractivity contribution >= 4 is 45.1 Å². The second kappa shape index (κ2) is 10.7. The molecule has 0 fully saturated rings. The lowest BCUT2D eigenvalue weighted by molar-refractivity contribution is 0.571. The molecule has 6 aromatic rings. The highest BCUT2D eigenvalue weighted by molar-refractivity contribution is 6.11. The molecule has 0 spiro atoms. The third-order valence-electron chi connectivity index (χ3n) is 7.58. The fourth-order valence-electron chi connectivity index (χ4n) is 5.59. The van der Waals surface area contributed by atoms with Crippen LogP contribution in [-0.2, 0) is 0 Å². The Bertz CT molecular complexity index is 2070. The number of aromatic nitrogens is 1. The molecule has 5 nitrogen and oxygen atoms in total. The average molecular weight is 533 g/mol. The minimum Gasteiger partial charge on any atom is -0.456 e. The van der Waals surface area contributed by atoms with Gasteiger partial charge in [-0.1, -0.05) is 103 Å². The van der Waals surface area contributed by atoms with Gasteiger partial charge in [0, 0.05) is 50.6 Å². The number of hydrogen-bond donors (Lipinski definition) is 1. The summed E-state index contributed by atoms with van der Waals surface area (Å²) in [4.78, 5) is 14.3. The molecule has 7 rings (SSSR count). The Balaban J connectivity index is 1.37. The Labute approximate surface area is 237 Å². The van der Waals surface area contributed by atoms with Gasteiger partial charge in [0.2, 0.25) is 0 Å². The molecule has 198 valence electrons. The molecule has 2 heterocycles. The van der Waals surface area contributed by atoms with Crippen molar-refractivity contribution < 1.29 is 4.42 Å². The highest BCUT2D eigenvalue weighted by Gasteiger charge is 2.17. The number of pyridine rings is 1. The number of amidine groups is 2. The minimum atomic E-state index is 0.443. The SMILES string of the molecule is NC(=NC(=NCC1=c2c(oc3c(-c4cncc5ccccc45)cccc23)=CCC1)c1ccccc1)c1ccccc1. The van der Waals surface area contributed by atoms with Crippen LogP contribution >= 0.6 is 0 Å². The number of para-hydroxylation sites is 1. The van der Waals surface area contributed by atoms with Crippen LogP contribution < -0.4 is 16.4 Å². The number of rotatable bonds is 5. The predicted octanol–water partition coefficient (Wildman–Crippen LogP) is 6.23. The lowest BCUT2D eigenvalue weighted by Gasteiger charge is -2.09. The van der Waals surface area contributed by atoms with Crippen molar-refractivity contribution in [3.8, 4) is 11.1 Å². The zero-order valence-electron chi connectivity index (χ0n) is 22.5. The maximum Gasteiger partial charge on any atom is 0.157 e. The summed E-state index contributed by atoms with van der Waals surface area (Å²) in [5.74, 6) is 1.06. The van der Waals surface area contributed by atoms with Gasteiger partial charge in [0.25, 0.3) is 0 Å². The van der Waals surface area contributed by atoms with Crippen molar-refractivity contribution in [2.24, 2.45) is 15.7 Å². The molecule has 2 N–H and O–H groups in total. The van der Waals surface area contributed by atoms with E-state index in [0.29, 0.717) is 18.2 Å². The fourth-order valence-corrected chi connectivity index (χ4v) is 5.59. The summed E-state index contributed by atoms with van der Waals surface area (Å²) in [6.07, 6.45) is 7.83. The van der Waals surface area contributed by atoms with Crippen LogP contribution in [0.15, 0.2) is 130 Å². The molecule has 2 aromatic heterocycles. The second-order valence-corrected chi connectivity index (χ2v) is 10.1. The average Bonchev–Trinajstić information content (AvgIpc) is 3.43. The Morgan fingerprint density at radius 3 is 2.32 bits per heavy atom. The van der Waals surface area contributed by atoms with E-state index in [2.05, 4.69) is 47.5 Å². The van der Waals surface area contributed by atoms with Crippen molar-refractivity contribution in [2.75, 3.05) is 6.54 Å². The van der Waals surface area contributed by atoms with Crippen molar-refractivity contribution in [1.82, 2.24) is 4.98 Å². The van der Waals surface area contributed by atoms with Crippen LogP contribution in [0.25, 0.3) is 44.5 Å². The molecule has 41 heavy (non-hydrogen) atoms. The smallest absolute Gasteiger partial charge is 0.157 e. The summed E-state index contributed by atoms with van der Waals surface area (Å²) in [6, 6.07) is 34.5. The van der Waals surface area contributed by atoms with Gasteiger partial charge >= 0.3 is 0 Å². The molecule has 0 saturated carbocycles. The van der Waals surface area contributed by atoms with E-state index >= 15 is 0 Å². The van der Waals surface area contributed by atoms with Crippen LogP contribution in [-0.4, -0.2) is 23.2 Å². The Morgan fingerprint density at radius 1 is 0.756 bits per heavy atom. The number of benzene rings is 4.